The number of aliphatic carboxylic acids is 1. The molecule has 0 radical (unpaired) electrons. The number of carboxylic acids is 1. The van der Waals surface area contributed by atoms with Crippen LogP contribution in [0.1, 0.15) is 58.3 Å². The second kappa shape index (κ2) is 14.0. The van der Waals surface area contributed by atoms with Crippen LogP contribution in [0.2, 0.25) is 0 Å². The van der Waals surface area contributed by atoms with Crippen LogP contribution in [-0.4, -0.2) is 22.6 Å². The van der Waals surface area contributed by atoms with Crippen molar-refractivity contribution in [3.8, 4) is 0 Å². The van der Waals surface area contributed by atoms with Gasteiger partial charge in [0.15, 0.2) is 11.6 Å². The number of hydrogen-bond acceptors (Lipinski definition) is 3. The Morgan fingerprint density at radius 3 is 1.77 bits per heavy atom. The highest BCUT2D eigenvalue weighted by Crippen LogP contribution is 2.07. The first kappa shape index (κ1) is 20.0. The summed E-state index contributed by atoms with van der Waals surface area (Å²) in [6.07, 6.45) is 15.5. The van der Waals surface area contributed by atoms with Crippen LogP contribution >= 0.6 is 0 Å². The Morgan fingerprint density at radius 1 is 0.727 bits per heavy atom. The first-order valence-corrected chi connectivity index (χ1v) is 7.85. The lowest BCUT2D eigenvalue weighted by atomic mass is 10.1. The number of rotatable bonds is 13. The zero-order valence-electron chi connectivity index (χ0n) is 13.3. The maximum absolute atomic E-state index is 11.5. The number of hydrogen-bond donors (Lipinski definition) is 1. The van der Waals surface area contributed by atoms with E-state index in [9.17, 15) is 14.4 Å². The van der Waals surface area contributed by atoms with E-state index in [0.717, 1.165) is 25.7 Å². The van der Waals surface area contributed by atoms with E-state index >= 15 is 0 Å². The summed E-state index contributed by atoms with van der Waals surface area (Å²) in [5, 5.41) is 8.49. The van der Waals surface area contributed by atoms with Crippen molar-refractivity contribution in [3.63, 3.8) is 0 Å². The summed E-state index contributed by atoms with van der Waals surface area (Å²) in [4.78, 5) is 32.8. The monoisotopic (exact) mass is 306 g/mol. The van der Waals surface area contributed by atoms with Crippen molar-refractivity contribution >= 4 is 17.5 Å². The molecule has 0 saturated heterocycles. The van der Waals surface area contributed by atoms with Crippen molar-refractivity contribution in [3.05, 3.63) is 36.5 Å². The van der Waals surface area contributed by atoms with Gasteiger partial charge in [0, 0.05) is 19.3 Å². The maximum Gasteiger partial charge on any atom is 0.303 e. The van der Waals surface area contributed by atoms with Gasteiger partial charge in [0.2, 0.25) is 0 Å². The number of unbranched alkanes of at least 4 members (excludes halogenated alkanes) is 4. The van der Waals surface area contributed by atoms with Crippen LogP contribution in [0.3, 0.4) is 0 Å². The predicted octanol–water partition coefficient (Wildman–Crippen LogP) is 4.02. The molecule has 0 aromatic carbocycles. The van der Waals surface area contributed by atoms with Crippen LogP contribution in [-0.2, 0) is 14.4 Å². The SMILES string of the molecule is CCC(=O)C=CC=CC=CC(=O)CCCCCCCC(=O)O. The van der Waals surface area contributed by atoms with Crippen LogP contribution in [0.5, 0.6) is 0 Å². The van der Waals surface area contributed by atoms with Gasteiger partial charge in [-0.2, -0.15) is 0 Å². The lowest BCUT2D eigenvalue weighted by Crippen LogP contribution is -1.94. The Bertz CT molecular complexity index is 430. The molecule has 0 rings (SSSR count). The lowest BCUT2D eigenvalue weighted by Gasteiger charge is -1.98. The molecule has 0 aliphatic carbocycles. The molecule has 0 heterocycles. The highest BCUT2D eigenvalue weighted by molar-refractivity contribution is 5.90. The molecule has 122 valence electrons. The Labute approximate surface area is 132 Å². The summed E-state index contributed by atoms with van der Waals surface area (Å²) < 4.78 is 0. The third-order valence-corrected chi connectivity index (χ3v) is 3.06. The summed E-state index contributed by atoms with van der Waals surface area (Å²) in [5.41, 5.74) is 0. The molecule has 0 aromatic rings. The molecule has 0 aliphatic heterocycles. The van der Waals surface area contributed by atoms with Crippen LogP contribution < -0.4 is 0 Å². The predicted molar refractivity (Wildman–Crippen MR) is 87.7 cm³/mol. The molecule has 1 N–H and O–H groups in total. The second-order valence-corrected chi connectivity index (χ2v) is 5.05. The number of ketones is 2. The van der Waals surface area contributed by atoms with E-state index in [0.29, 0.717) is 19.3 Å². The van der Waals surface area contributed by atoms with Gasteiger partial charge in [-0.25, -0.2) is 0 Å². The highest BCUT2D eigenvalue weighted by Gasteiger charge is 1.98. The van der Waals surface area contributed by atoms with Crippen LogP contribution in [0.15, 0.2) is 36.5 Å². The minimum atomic E-state index is -0.748. The van der Waals surface area contributed by atoms with E-state index in [1.165, 1.54) is 12.2 Å². The van der Waals surface area contributed by atoms with Gasteiger partial charge in [0.1, 0.15) is 0 Å². The van der Waals surface area contributed by atoms with Gasteiger partial charge in [-0.05, 0) is 25.0 Å². The Kier molecular flexibility index (Phi) is 12.7. The van der Waals surface area contributed by atoms with Crippen molar-refractivity contribution in [1.29, 1.82) is 0 Å². The van der Waals surface area contributed by atoms with Crippen LogP contribution in [0, 0.1) is 0 Å². The topological polar surface area (TPSA) is 71.4 Å². The van der Waals surface area contributed by atoms with Gasteiger partial charge in [0.25, 0.3) is 0 Å². The summed E-state index contributed by atoms with van der Waals surface area (Å²) in [6.45, 7) is 1.81. The van der Waals surface area contributed by atoms with Gasteiger partial charge >= 0.3 is 5.97 Å². The van der Waals surface area contributed by atoms with Crippen molar-refractivity contribution in [2.24, 2.45) is 0 Å². The highest BCUT2D eigenvalue weighted by atomic mass is 16.4. The quantitative estimate of drug-likeness (QED) is 0.317. The zero-order valence-corrected chi connectivity index (χ0v) is 13.3. The number of carboxylic acid groups (broad SMARTS) is 1. The second-order valence-electron chi connectivity index (χ2n) is 5.05. The molecule has 4 nitrogen and oxygen atoms in total. The average molecular weight is 306 g/mol. The van der Waals surface area contributed by atoms with E-state index in [2.05, 4.69) is 0 Å². The standard InChI is InChI=1S/C18H26O4/c1-2-16(19)12-8-6-7-10-14-17(20)13-9-4-3-5-11-15-18(21)22/h6-8,10,12,14H,2-5,9,11,13,15H2,1H3,(H,21,22). The van der Waals surface area contributed by atoms with Gasteiger partial charge < -0.3 is 5.11 Å². The molecule has 0 unspecified atom stereocenters. The molecule has 0 bridgehead atoms. The minimum absolute atomic E-state index is 0.0769. The third-order valence-electron chi connectivity index (χ3n) is 3.06. The molecule has 0 aliphatic rings. The Hall–Kier alpha value is -1.97. The molecular weight excluding hydrogens is 280 g/mol. The summed E-state index contributed by atoms with van der Waals surface area (Å²) >= 11 is 0. The minimum Gasteiger partial charge on any atom is -0.481 e. The molecule has 0 saturated carbocycles. The Balaban J connectivity index is 3.62. The molecular formula is C18H26O4. The third kappa shape index (κ3) is 14.4. The molecule has 0 fully saturated rings. The number of allylic oxidation sites excluding steroid dienone is 6. The fourth-order valence-corrected chi connectivity index (χ4v) is 1.76. The first-order valence-electron chi connectivity index (χ1n) is 7.85. The number of carbonyl (C=O) groups is 3. The normalized spacial score (nSPS) is 11.7. The van der Waals surface area contributed by atoms with Crippen molar-refractivity contribution in [2.45, 2.75) is 58.3 Å². The maximum atomic E-state index is 11.5. The molecule has 4 heteroatoms. The van der Waals surface area contributed by atoms with Gasteiger partial charge in [-0.1, -0.05) is 50.5 Å². The molecule has 0 amide bonds. The van der Waals surface area contributed by atoms with E-state index in [1.54, 1.807) is 31.2 Å². The lowest BCUT2D eigenvalue weighted by molar-refractivity contribution is -0.137. The Morgan fingerprint density at radius 2 is 1.23 bits per heavy atom. The fraction of sp³-hybridized carbons (Fsp3) is 0.500. The smallest absolute Gasteiger partial charge is 0.303 e. The fourth-order valence-electron chi connectivity index (χ4n) is 1.76. The van der Waals surface area contributed by atoms with Crippen molar-refractivity contribution in [2.75, 3.05) is 0 Å². The molecule has 0 spiro atoms. The molecule has 22 heavy (non-hydrogen) atoms. The largest absolute Gasteiger partial charge is 0.481 e. The molecule has 0 aromatic heterocycles. The van der Waals surface area contributed by atoms with E-state index in [-0.39, 0.29) is 18.0 Å². The van der Waals surface area contributed by atoms with Crippen LogP contribution in [0.25, 0.3) is 0 Å². The van der Waals surface area contributed by atoms with E-state index in [4.69, 9.17) is 5.11 Å². The average Bonchev–Trinajstić information content (AvgIpc) is 2.49. The van der Waals surface area contributed by atoms with Crippen LogP contribution in [0.4, 0.5) is 0 Å². The van der Waals surface area contributed by atoms with E-state index < -0.39 is 5.97 Å². The van der Waals surface area contributed by atoms with Crippen molar-refractivity contribution in [1.82, 2.24) is 0 Å². The zero-order chi connectivity index (χ0) is 16.6. The van der Waals surface area contributed by atoms with Gasteiger partial charge in [-0.3, -0.25) is 14.4 Å². The summed E-state index contributed by atoms with van der Waals surface area (Å²) in [5.74, 6) is -0.584. The first-order chi connectivity index (χ1) is 10.6. The summed E-state index contributed by atoms with van der Waals surface area (Å²) in [6, 6.07) is 0. The molecule has 0 atom stereocenters. The van der Waals surface area contributed by atoms with E-state index in [1.807, 2.05) is 0 Å². The van der Waals surface area contributed by atoms with Crippen molar-refractivity contribution < 1.29 is 19.5 Å². The summed E-state index contributed by atoms with van der Waals surface area (Å²) in [7, 11) is 0. The number of carbonyl (C=O) groups excluding carboxylic acids is 2. The van der Waals surface area contributed by atoms with Gasteiger partial charge in [-0.15, -0.1) is 0 Å². The van der Waals surface area contributed by atoms with Gasteiger partial charge in [0.05, 0.1) is 0 Å².